The summed E-state index contributed by atoms with van der Waals surface area (Å²) in [5, 5.41) is 2.75. The zero-order chi connectivity index (χ0) is 21.0. The Morgan fingerprint density at radius 1 is 1.29 bits per heavy atom. The van der Waals surface area contributed by atoms with Gasteiger partial charge in [-0.05, 0) is 45.4 Å². The van der Waals surface area contributed by atoms with Gasteiger partial charge in [-0.25, -0.2) is 9.59 Å². The number of urea groups is 1. The van der Waals surface area contributed by atoms with Gasteiger partial charge in [-0.1, -0.05) is 6.07 Å². The van der Waals surface area contributed by atoms with Crippen LogP contribution in [0.4, 0.5) is 13.6 Å². The minimum absolute atomic E-state index is 0.105. The van der Waals surface area contributed by atoms with Gasteiger partial charge in [0, 0.05) is 11.7 Å². The largest absolute Gasteiger partial charge is 0.493 e. The van der Waals surface area contributed by atoms with Crippen molar-refractivity contribution in [2.75, 3.05) is 13.7 Å². The highest BCUT2D eigenvalue weighted by molar-refractivity contribution is 5.95. The van der Waals surface area contributed by atoms with Gasteiger partial charge < -0.3 is 19.5 Å². The standard InChI is InChI=1S/C19H24F2N2O5/c1-6-27-17(24)15-11(4)23(10(2)3)19(25)22-16(15)12-7-8-13(26-5)14(9-12)28-18(20)21/h7-10,16,18H,6H2,1-5H3,(H,22,25)/t16-/m0/s1. The summed E-state index contributed by atoms with van der Waals surface area (Å²) in [6.45, 7) is 4.05. The van der Waals surface area contributed by atoms with Gasteiger partial charge in [0.05, 0.1) is 25.3 Å². The second kappa shape index (κ2) is 8.90. The molecule has 0 unspecified atom stereocenters. The number of rotatable bonds is 7. The van der Waals surface area contributed by atoms with E-state index in [4.69, 9.17) is 9.47 Å². The van der Waals surface area contributed by atoms with Crippen molar-refractivity contribution in [2.45, 2.75) is 46.4 Å². The van der Waals surface area contributed by atoms with Crippen LogP contribution in [-0.4, -0.2) is 43.3 Å². The smallest absolute Gasteiger partial charge is 0.387 e. The number of allylic oxidation sites excluding steroid dienone is 1. The SMILES string of the molecule is CCOC(=O)C1=C(C)N(C(C)C)C(=O)N[C@H]1c1ccc(OC)c(OC(F)F)c1. The molecule has 0 saturated heterocycles. The second-order valence-corrected chi connectivity index (χ2v) is 6.35. The van der Waals surface area contributed by atoms with E-state index < -0.39 is 24.7 Å². The molecule has 0 aliphatic carbocycles. The number of methoxy groups -OCH3 is 1. The van der Waals surface area contributed by atoms with Crippen LogP contribution in [0, 0.1) is 0 Å². The Bertz CT molecular complexity index is 780. The average Bonchev–Trinajstić information content (AvgIpc) is 2.60. The fourth-order valence-corrected chi connectivity index (χ4v) is 3.16. The number of carbonyl (C=O) groups excluding carboxylic acids is 2. The molecule has 0 aromatic heterocycles. The normalized spacial score (nSPS) is 17.1. The minimum atomic E-state index is -3.05. The zero-order valence-electron chi connectivity index (χ0n) is 16.4. The molecule has 0 radical (unpaired) electrons. The molecule has 28 heavy (non-hydrogen) atoms. The Labute approximate surface area is 162 Å². The van der Waals surface area contributed by atoms with E-state index in [1.165, 1.54) is 24.1 Å². The number of amides is 2. The lowest BCUT2D eigenvalue weighted by Gasteiger charge is -2.37. The van der Waals surface area contributed by atoms with Gasteiger partial charge >= 0.3 is 18.6 Å². The predicted octanol–water partition coefficient (Wildman–Crippen LogP) is 3.61. The first-order valence-electron chi connectivity index (χ1n) is 8.81. The maximum Gasteiger partial charge on any atom is 0.387 e. The molecule has 0 spiro atoms. The highest BCUT2D eigenvalue weighted by atomic mass is 19.3. The quantitative estimate of drug-likeness (QED) is 0.710. The first-order valence-corrected chi connectivity index (χ1v) is 8.81. The zero-order valence-corrected chi connectivity index (χ0v) is 16.4. The van der Waals surface area contributed by atoms with Gasteiger partial charge in [0.25, 0.3) is 0 Å². The molecule has 1 heterocycles. The molecular weight excluding hydrogens is 374 g/mol. The molecule has 0 fully saturated rings. The fourth-order valence-electron chi connectivity index (χ4n) is 3.16. The van der Waals surface area contributed by atoms with Gasteiger partial charge in [0.1, 0.15) is 0 Å². The molecule has 0 bridgehead atoms. The fraction of sp³-hybridized carbons (Fsp3) is 0.474. The van der Waals surface area contributed by atoms with Gasteiger partial charge in [0.15, 0.2) is 11.5 Å². The van der Waals surface area contributed by atoms with Crippen molar-refractivity contribution in [3.05, 3.63) is 35.0 Å². The predicted molar refractivity (Wildman–Crippen MR) is 97.2 cm³/mol. The number of ether oxygens (including phenoxy) is 3. The van der Waals surface area contributed by atoms with Crippen molar-refractivity contribution in [3.63, 3.8) is 0 Å². The van der Waals surface area contributed by atoms with Crippen molar-refractivity contribution in [2.24, 2.45) is 0 Å². The summed E-state index contributed by atoms with van der Waals surface area (Å²) in [4.78, 5) is 26.7. The summed E-state index contributed by atoms with van der Waals surface area (Å²) >= 11 is 0. The number of hydrogen-bond acceptors (Lipinski definition) is 5. The molecule has 1 aliphatic heterocycles. The molecule has 7 nitrogen and oxygen atoms in total. The van der Waals surface area contributed by atoms with E-state index >= 15 is 0 Å². The Balaban J connectivity index is 2.58. The third kappa shape index (κ3) is 4.35. The molecule has 1 aliphatic rings. The summed E-state index contributed by atoms with van der Waals surface area (Å²) in [6, 6.07) is 2.84. The Hall–Kier alpha value is -2.84. The van der Waals surface area contributed by atoms with E-state index in [0.717, 1.165) is 0 Å². The van der Waals surface area contributed by atoms with Crippen LogP contribution in [0.2, 0.25) is 0 Å². The number of hydrogen-bond donors (Lipinski definition) is 1. The average molecular weight is 398 g/mol. The van der Waals surface area contributed by atoms with Crippen LogP contribution in [-0.2, 0) is 9.53 Å². The Morgan fingerprint density at radius 3 is 2.50 bits per heavy atom. The summed E-state index contributed by atoms with van der Waals surface area (Å²) in [5.74, 6) is -0.687. The lowest BCUT2D eigenvalue weighted by atomic mass is 9.94. The number of esters is 1. The van der Waals surface area contributed by atoms with Gasteiger partial charge in [-0.2, -0.15) is 8.78 Å². The number of alkyl halides is 2. The van der Waals surface area contributed by atoms with E-state index in [1.807, 2.05) is 13.8 Å². The van der Waals surface area contributed by atoms with Crippen molar-refractivity contribution >= 4 is 12.0 Å². The molecule has 0 saturated carbocycles. The topological polar surface area (TPSA) is 77.1 Å². The Morgan fingerprint density at radius 2 is 1.96 bits per heavy atom. The number of carbonyl (C=O) groups is 2. The number of benzene rings is 1. The summed E-state index contributed by atoms with van der Waals surface area (Å²) in [5.41, 5.74) is 1.05. The third-order valence-corrected chi connectivity index (χ3v) is 4.28. The monoisotopic (exact) mass is 398 g/mol. The number of nitrogens with one attached hydrogen (secondary N) is 1. The van der Waals surface area contributed by atoms with E-state index in [9.17, 15) is 18.4 Å². The van der Waals surface area contributed by atoms with E-state index in [0.29, 0.717) is 11.3 Å². The maximum atomic E-state index is 12.7. The lowest BCUT2D eigenvalue weighted by molar-refractivity contribution is -0.139. The van der Waals surface area contributed by atoms with E-state index in [2.05, 4.69) is 10.1 Å². The molecule has 2 amide bonds. The minimum Gasteiger partial charge on any atom is -0.493 e. The molecule has 1 aromatic rings. The maximum absolute atomic E-state index is 12.7. The van der Waals surface area contributed by atoms with Gasteiger partial charge in [-0.15, -0.1) is 0 Å². The van der Waals surface area contributed by atoms with Crippen LogP contribution in [0.5, 0.6) is 11.5 Å². The Kier molecular flexibility index (Phi) is 6.82. The van der Waals surface area contributed by atoms with Crippen LogP contribution in [0.3, 0.4) is 0 Å². The first kappa shape index (κ1) is 21.5. The first-order chi connectivity index (χ1) is 13.2. The molecule has 1 aromatic carbocycles. The lowest BCUT2D eigenvalue weighted by Crippen LogP contribution is -2.50. The molecule has 2 rings (SSSR count). The van der Waals surface area contributed by atoms with Crippen molar-refractivity contribution < 1.29 is 32.6 Å². The van der Waals surface area contributed by atoms with E-state index in [-0.39, 0.29) is 29.7 Å². The van der Waals surface area contributed by atoms with Crippen LogP contribution in [0.15, 0.2) is 29.5 Å². The molecule has 9 heteroatoms. The highest BCUT2D eigenvalue weighted by Crippen LogP contribution is 2.37. The highest BCUT2D eigenvalue weighted by Gasteiger charge is 2.37. The number of halogens is 2. The van der Waals surface area contributed by atoms with Gasteiger partial charge in [0.2, 0.25) is 0 Å². The van der Waals surface area contributed by atoms with Crippen LogP contribution >= 0.6 is 0 Å². The summed E-state index contributed by atoms with van der Waals surface area (Å²) in [7, 11) is 1.32. The summed E-state index contributed by atoms with van der Waals surface area (Å²) in [6.07, 6.45) is 0. The molecule has 1 N–H and O–H groups in total. The van der Waals surface area contributed by atoms with Crippen molar-refractivity contribution in [1.82, 2.24) is 10.2 Å². The molecular formula is C19H24F2N2O5. The van der Waals surface area contributed by atoms with Crippen LogP contribution < -0.4 is 14.8 Å². The molecule has 1 atom stereocenters. The second-order valence-electron chi connectivity index (χ2n) is 6.35. The van der Waals surface area contributed by atoms with Crippen LogP contribution in [0.1, 0.15) is 39.3 Å². The van der Waals surface area contributed by atoms with Crippen LogP contribution in [0.25, 0.3) is 0 Å². The summed E-state index contributed by atoms with van der Waals surface area (Å²) < 4.78 is 40.2. The van der Waals surface area contributed by atoms with Gasteiger partial charge in [-0.3, -0.25) is 4.90 Å². The van der Waals surface area contributed by atoms with E-state index in [1.54, 1.807) is 19.9 Å². The third-order valence-electron chi connectivity index (χ3n) is 4.28. The van der Waals surface area contributed by atoms with Crippen molar-refractivity contribution in [3.8, 4) is 11.5 Å². The molecule has 154 valence electrons. The van der Waals surface area contributed by atoms with Crippen molar-refractivity contribution in [1.29, 1.82) is 0 Å². The number of nitrogens with zero attached hydrogens (tertiary/aromatic N) is 1.